The molecule has 4 rings (SSSR count). The highest BCUT2D eigenvalue weighted by Gasteiger charge is 2.29. The third-order valence-electron chi connectivity index (χ3n) is 4.61. The average molecular weight is 312 g/mol. The molecule has 0 atom stereocenters. The molecule has 23 heavy (non-hydrogen) atoms. The van der Waals surface area contributed by atoms with Crippen LogP contribution >= 0.6 is 0 Å². The van der Waals surface area contributed by atoms with Crippen LogP contribution in [0.25, 0.3) is 11.0 Å². The molecular weight excluding hydrogens is 292 g/mol. The summed E-state index contributed by atoms with van der Waals surface area (Å²) in [5, 5.41) is 12.6. The van der Waals surface area contributed by atoms with E-state index < -0.39 is 5.97 Å². The van der Waals surface area contributed by atoms with Crippen molar-refractivity contribution in [1.82, 2.24) is 9.97 Å². The van der Waals surface area contributed by atoms with Crippen LogP contribution in [-0.2, 0) is 4.79 Å². The van der Waals surface area contributed by atoms with Gasteiger partial charge in [-0.2, -0.15) is 0 Å². The number of aliphatic carboxylic acids is 1. The van der Waals surface area contributed by atoms with E-state index in [4.69, 9.17) is 15.1 Å². The molecule has 0 spiro atoms. The number of carbonyl (C=O) groups is 1. The number of para-hydroxylation sites is 2. The van der Waals surface area contributed by atoms with Gasteiger partial charge in [0.2, 0.25) is 0 Å². The van der Waals surface area contributed by atoms with E-state index in [0.717, 1.165) is 22.7 Å². The van der Waals surface area contributed by atoms with Crippen LogP contribution in [-0.4, -0.2) is 40.2 Å². The monoisotopic (exact) mass is 312 g/mol. The zero-order valence-corrected chi connectivity index (χ0v) is 12.9. The maximum absolute atomic E-state index is 11.1. The van der Waals surface area contributed by atoms with Gasteiger partial charge < -0.3 is 15.3 Å². The number of rotatable bonds is 4. The van der Waals surface area contributed by atoms with Crippen LogP contribution in [0.15, 0.2) is 24.3 Å². The van der Waals surface area contributed by atoms with Crippen LogP contribution in [0.1, 0.15) is 25.7 Å². The van der Waals surface area contributed by atoms with Crippen molar-refractivity contribution in [3.63, 3.8) is 0 Å². The van der Waals surface area contributed by atoms with Gasteiger partial charge in [-0.3, -0.25) is 4.79 Å². The second kappa shape index (κ2) is 5.68. The van der Waals surface area contributed by atoms with Crippen molar-refractivity contribution in [1.29, 1.82) is 0 Å². The van der Waals surface area contributed by atoms with Gasteiger partial charge in [-0.25, -0.2) is 9.97 Å². The van der Waals surface area contributed by atoms with Crippen molar-refractivity contribution in [3.8, 4) is 0 Å². The Bertz CT molecular complexity index is 736. The Morgan fingerprint density at radius 3 is 2.35 bits per heavy atom. The Morgan fingerprint density at radius 2 is 1.74 bits per heavy atom. The standard InChI is InChI=1S/C17H20N4O2/c22-17(23)11-7-9-21(10-8-11)16-15(18-12-5-6-12)19-13-3-1-2-4-14(13)20-16/h1-4,11-12H,5-10H2,(H,18,19)(H,22,23). The SMILES string of the molecule is O=C(O)C1CCN(c2nc3ccccc3nc2NC2CC2)CC1. The summed E-state index contributed by atoms with van der Waals surface area (Å²) >= 11 is 0. The fourth-order valence-corrected chi connectivity index (χ4v) is 3.07. The van der Waals surface area contributed by atoms with Crippen LogP contribution in [0, 0.1) is 5.92 Å². The molecule has 1 aliphatic carbocycles. The Balaban J connectivity index is 1.65. The van der Waals surface area contributed by atoms with Crippen molar-refractivity contribution in [2.75, 3.05) is 23.3 Å². The van der Waals surface area contributed by atoms with E-state index in [0.29, 0.717) is 32.0 Å². The maximum Gasteiger partial charge on any atom is 0.306 e. The van der Waals surface area contributed by atoms with Gasteiger partial charge in [-0.05, 0) is 37.8 Å². The number of hydrogen-bond acceptors (Lipinski definition) is 5. The summed E-state index contributed by atoms with van der Waals surface area (Å²) < 4.78 is 0. The minimum atomic E-state index is -0.689. The van der Waals surface area contributed by atoms with Gasteiger partial charge in [0.05, 0.1) is 17.0 Å². The Morgan fingerprint density at radius 1 is 1.09 bits per heavy atom. The molecule has 6 heteroatoms. The molecule has 1 saturated heterocycles. The highest BCUT2D eigenvalue weighted by molar-refractivity contribution is 5.81. The minimum Gasteiger partial charge on any atom is -0.481 e. The van der Waals surface area contributed by atoms with E-state index in [1.807, 2.05) is 24.3 Å². The lowest BCUT2D eigenvalue weighted by atomic mass is 9.97. The topological polar surface area (TPSA) is 78.3 Å². The first kappa shape index (κ1) is 14.2. The molecule has 2 N–H and O–H groups in total. The Labute approximate surface area is 134 Å². The first-order valence-corrected chi connectivity index (χ1v) is 8.22. The number of piperidine rings is 1. The van der Waals surface area contributed by atoms with E-state index >= 15 is 0 Å². The molecule has 0 unspecified atom stereocenters. The smallest absolute Gasteiger partial charge is 0.306 e. The van der Waals surface area contributed by atoms with Crippen molar-refractivity contribution >= 4 is 28.6 Å². The Kier molecular flexibility index (Phi) is 3.52. The molecule has 6 nitrogen and oxygen atoms in total. The van der Waals surface area contributed by atoms with Crippen LogP contribution in [0.3, 0.4) is 0 Å². The normalized spacial score (nSPS) is 19.0. The van der Waals surface area contributed by atoms with Crippen molar-refractivity contribution < 1.29 is 9.90 Å². The summed E-state index contributed by atoms with van der Waals surface area (Å²) in [7, 11) is 0. The van der Waals surface area contributed by atoms with E-state index in [1.165, 1.54) is 12.8 Å². The van der Waals surface area contributed by atoms with E-state index in [-0.39, 0.29) is 5.92 Å². The number of carboxylic acid groups (broad SMARTS) is 1. The predicted molar refractivity (Wildman–Crippen MR) is 88.8 cm³/mol. The lowest BCUT2D eigenvalue weighted by molar-refractivity contribution is -0.142. The number of fused-ring (bicyclic) bond motifs is 1. The summed E-state index contributed by atoms with van der Waals surface area (Å²) in [5.41, 5.74) is 1.77. The number of hydrogen-bond donors (Lipinski definition) is 2. The van der Waals surface area contributed by atoms with Crippen LogP contribution in [0.5, 0.6) is 0 Å². The van der Waals surface area contributed by atoms with Gasteiger partial charge in [0.15, 0.2) is 11.6 Å². The number of aromatic nitrogens is 2. The molecule has 120 valence electrons. The Hall–Kier alpha value is -2.37. The van der Waals surface area contributed by atoms with E-state index in [1.54, 1.807) is 0 Å². The second-order valence-corrected chi connectivity index (χ2v) is 6.40. The molecule has 2 heterocycles. The first-order chi connectivity index (χ1) is 11.2. The fourth-order valence-electron chi connectivity index (χ4n) is 3.07. The molecule has 2 fully saturated rings. The number of nitrogens with one attached hydrogen (secondary N) is 1. The van der Waals surface area contributed by atoms with Crippen LogP contribution in [0.2, 0.25) is 0 Å². The van der Waals surface area contributed by atoms with E-state index in [2.05, 4.69) is 10.2 Å². The van der Waals surface area contributed by atoms with Gasteiger partial charge >= 0.3 is 5.97 Å². The van der Waals surface area contributed by atoms with Gasteiger partial charge in [0.1, 0.15) is 0 Å². The number of anilines is 2. The molecule has 2 aromatic rings. The molecule has 0 bridgehead atoms. The van der Waals surface area contributed by atoms with Crippen molar-refractivity contribution in [3.05, 3.63) is 24.3 Å². The van der Waals surface area contributed by atoms with Crippen molar-refractivity contribution in [2.24, 2.45) is 5.92 Å². The zero-order valence-electron chi connectivity index (χ0n) is 12.9. The fraction of sp³-hybridized carbons (Fsp3) is 0.471. The second-order valence-electron chi connectivity index (χ2n) is 6.40. The maximum atomic E-state index is 11.1. The highest BCUT2D eigenvalue weighted by atomic mass is 16.4. The number of benzene rings is 1. The van der Waals surface area contributed by atoms with E-state index in [9.17, 15) is 4.79 Å². The van der Waals surface area contributed by atoms with Gasteiger partial charge in [-0.1, -0.05) is 12.1 Å². The van der Waals surface area contributed by atoms with Gasteiger partial charge in [-0.15, -0.1) is 0 Å². The highest BCUT2D eigenvalue weighted by Crippen LogP contribution is 2.32. The van der Waals surface area contributed by atoms with Crippen LogP contribution < -0.4 is 10.2 Å². The molecule has 1 saturated carbocycles. The molecule has 1 aromatic heterocycles. The number of nitrogens with zero attached hydrogens (tertiary/aromatic N) is 3. The zero-order chi connectivity index (χ0) is 15.8. The van der Waals surface area contributed by atoms with Crippen molar-refractivity contribution in [2.45, 2.75) is 31.7 Å². The summed E-state index contributed by atoms with van der Waals surface area (Å²) in [6.45, 7) is 1.42. The van der Waals surface area contributed by atoms with Gasteiger partial charge in [0.25, 0.3) is 0 Å². The average Bonchev–Trinajstić information content (AvgIpc) is 3.38. The van der Waals surface area contributed by atoms with Gasteiger partial charge in [0, 0.05) is 19.1 Å². The summed E-state index contributed by atoms with van der Waals surface area (Å²) in [4.78, 5) is 22.9. The summed E-state index contributed by atoms with van der Waals surface area (Å²) in [6, 6.07) is 8.37. The molecule has 0 radical (unpaired) electrons. The molecule has 0 amide bonds. The molecule has 1 aliphatic heterocycles. The lowest BCUT2D eigenvalue weighted by Crippen LogP contribution is -2.37. The minimum absolute atomic E-state index is 0.237. The first-order valence-electron chi connectivity index (χ1n) is 8.22. The molecule has 2 aliphatic rings. The molecular formula is C17H20N4O2. The third kappa shape index (κ3) is 2.93. The quantitative estimate of drug-likeness (QED) is 0.903. The summed E-state index contributed by atoms with van der Waals surface area (Å²) in [6.07, 6.45) is 3.67. The number of carboxylic acids is 1. The third-order valence-corrected chi connectivity index (χ3v) is 4.61. The summed E-state index contributed by atoms with van der Waals surface area (Å²) in [5.74, 6) is 0.768. The largest absolute Gasteiger partial charge is 0.481 e. The van der Waals surface area contributed by atoms with Crippen LogP contribution in [0.4, 0.5) is 11.6 Å². The lowest BCUT2D eigenvalue weighted by Gasteiger charge is -2.32. The molecule has 1 aromatic carbocycles. The predicted octanol–water partition coefficient (Wildman–Crippen LogP) is 2.51.